The summed E-state index contributed by atoms with van der Waals surface area (Å²) >= 11 is 17.1. The van der Waals surface area contributed by atoms with Crippen LogP contribution in [-0.4, -0.2) is 44.5 Å². The van der Waals surface area contributed by atoms with E-state index in [9.17, 15) is 0 Å². The largest absolute Gasteiger partial charge is 0.370 e. The highest BCUT2D eigenvalue weighted by Crippen LogP contribution is 2.22. The normalized spacial score (nSPS) is 15.7. The van der Waals surface area contributed by atoms with Gasteiger partial charge in [0, 0.05) is 28.7 Å². The molecule has 3 N–H and O–H groups in total. The van der Waals surface area contributed by atoms with Gasteiger partial charge in [-0.2, -0.15) is 0 Å². The lowest BCUT2D eigenvalue weighted by molar-refractivity contribution is -0.908. The molecule has 116 valence electrons. The van der Waals surface area contributed by atoms with Crippen molar-refractivity contribution in [3.63, 3.8) is 0 Å². The highest BCUT2D eigenvalue weighted by molar-refractivity contribution is 7.80. The third kappa shape index (κ3) is 6.36. The minimum absolute atomic E-state index is 0.587. The van der Waals surface area contributed by atoms with Crippen molar-refractivity contribution in [2.45, 2.75) is 6.42 Å². The Morgan fingerprint density at radius 1 is 1.19 bits per heavy atom. The number of thiocarbonyl (C=S) groups is 1. The highest BCUT2D eigenvalue weighted by Gasteiger charge is 2.12. The molecule has 1 heterocycles. The molecule has 0 atom stereocenters. The van der Waals surface area contributed by atoms with Gasteiger partial charge in [0.15, 0.2) is 5.11 Å². The molecular weight excluding hydrogens is 329 g/mol. The summed E-state index contributed by atoms with van der Waals surface area (Å²) in [5.74, 6) is 0. The van der Waals surface area contributed by atoms with Crippen LogP contribution >= 0.6 is 35.4 Å². The van der Waals surface area contributed by atoms with E-state index in [0.29, 0.717) is 15.2 Å². The van der Waals surface area contributed by atoms with Crippen LogP contribution in [0, 0.1) is 0 Å². The van der Waals surface area contributed by atoms with Crippen LogP contribution in [0.4, 0.5) is 5.69 Å². The fourth-order valence-corrected chi connectivity index (χ4v) is 3.00. The summed E-state index contributed by atoms with van der Waals surface area (Å²) in [5.41, 5.74) is 0.795. The maximum Gasteiger partial charge on any atom is 0.170 e. The van der Waals surface area contributed by atoms with Crippen molar-refractivity contribution >= 4 is 46.2 Å². The zero-order valence-electron chi connectivity index (χ0n) is 11.8. The predicted octanol–water partition coefficient (Wildman–Crippen LogP) is 1.58. The van der Waals surface area contributed by atoms with E-state index in [1.807, 2.05) is 0 Å². The Labute approximate surface area is 140 Å². The Balaban J connectivity index is 1.65. The Hall–Kier alpha value is -0.590. The highest BCUT2D eigenvalue weighted by atomic mass is 35.5. The van der Waals surface area contributed by atoms with Gasteiger partial charge in [-0.25, -0.2) is 0 Å². The second-order valence-electron chi connectivity index (χ2n) is 5.00. The standard InChI is InChI=1S/C14H19Cl2N3OS/c15-11-8-12(16)10-13(9-11)18-14(21)17-2-1-3-19-4-6-20-7-5-19/h8-10H,1-7H2,(H2,17,18,21)/p+1. The van der Waals surface area contributed by atoms with Crippen molar-refractivity contribution in [2.24, 2.45) is 0 Å². The summed E-state index contributed by atoms with van der Waals surface area (Å²) < 4.78 is 5.34. The molecule has 0 radical (unpaired) electrons. The van der Waals surface area contributed by atoms with Crippen LogP contribution in [0.1, 0.15) is 6.42 Å². The summed E-state index contributed by atoms with van der Waals surface area (Å²) in [6.07, 6.45) is 1.08. The molecule has 0 spiro atoms. The second-order valence-corrected chi connectivity index (χ2v) is 6.29. The van der Waals surface area contributed by atoms with Crippen LogP contribution in [0.3, 0.4) is 0 Å². The number of morpholine rings is 1. The molecule has 0 amide bonds. The number of hydrogen-bond donors (Lipinski definition) is 3. The molecule has 1 aromatic rings. The molecule has 1 aliphatic rings. The third-order valence-corrected chi connectivity index (χ3v) is 4.00. The van der Waals surface area contributed by atoms with Gasteiger partial charge in [0.25, 0.3) is 0 Å². The first kappa shape index (κ1) is 16.8. The second kappa shape index (κ2) is 8.76. The molecule has 1 saturated heterocycles. The van der Waals surface area contributed by atoms with Crippen molar-refractivity contribution in [1.29, 1.82) is 0 Å². The number of anilines is 1. The van der Waals surface area contributed by atoms with Gasteiger partial charge in [-0.1, -0.05) is 23.2 Å². The number of benzene rings is 1. The van der Waals surface area contributed by atoms with E-state index in [2.05, 4.69) is 10.6 Å². The predicted molar refractivity (Wildman–Crippen MR) is 91.7 cm³/mol. The number of nitrogens with one attached hydrogen (secondary N) is 3. The quantitative estimate of drug-likeness (QED) is 0.558. The maximum atomic E-state index is 5.95. The van der Waals surface area contributed by atoms with E-state index in [-0.39, 0.29) is 0 Å². The number of halogens is 2. The number of ether oxygens (including phenoxy) is 1. The lowest BCUT2D eigenvalue weighted by Gasteiger charge is -2.23. The van der Waals surface area contributed by atoms with Gasteiger partial charge in [-0.05, 0) is 30.4 Å². The summed E-state index contributed by atoms with van der Waals surface area (Å²) in [6, 6.07) is 5.27. The first-order valence-corrected chi connectivity index (χ1v) is 8.22. The van der Waals surface area contributed by atoms with Crippen LogP contribution < -0.4 is 15.5 Å². The fourth-order valence-electron chi connectivity index (χ4n) is 2.25. The van der Waals surface area contributed by atoms with E-state index in [4.69, 9.17) is 40.2 Å². The summed E-state index contributed by atoms with van der Waals surface area (Å²) in [7, 11) is 0. The van der Waals surface area contributed by atoms with Gasteiger partial charge in [0.2, 0.25) is 0 Å². The van der Waals surface area contributed by atoms with Crippen LogP contribution in [0.2, 0.25) is 10.0 Å². The minimum atomic E-state index is 0.587. The fraction of sp³-hybridized carbons (Fsp3) is 0.500. The number of quaternary nitrogens is 1. The van der Waals surface area contributed by atoms with E-state index in [1.165, 1.54) is 0 Å². The molecule has 1 aliphatic heterocycles. The van der Waals surface area contributed by atoms with Crippen LogP contribution in [0.25, 0.3) is 0 Å². The molecular formula is C14H20Cl2N3OS+. The Bertz CT molecular complexity index is 461. The van der Waals surface area contributed by atoms with Crippen molar-refractivity contribution < 1.29 is 9.64 Å². The summed E-state index contributed by atoms with van der Waals surface area (Å²) in [4.78, 5) is 1.60. The van der Waals surface area contributed by atoms with Crippen LogP contribution in [0.5, 0.6) is 0 Å². The monoisotopic (exact) mass is 348 g/mol. The van der Waals surface area contributed by atoms with Crippen molar-refractivity contribution in [3.8, 4) is 0 Å². The molecule has 21 heavy (non-hydrogen) atoms. The van der Waals surface area contributed by atoms with E-state index < -0.39 is 0 Å². The van der Waals surface area contributed by atoms with Crippen LogP contribution in [0.15, 0.2) is 18.2 Å². The topological polar surface area (TPSA) is 37.7 Å². The average Bonchev–Trinajstić information content (AvgIpc) is 2.43. The first-order chi connectivity index (χ1) is 10.1. The Morgan fingerprint density at radius 3 is 2.52 bits per heavy atom. The number of hydrogen-bond acceptors (Lipinski definition) is 2. The molecule has 0 aromatic heterocycles. The molecule has 0 saturated carbocycles. The third-order valence-electron chi connectivity index (χ3n) is 3.31. The SMILES string of the molecule is S=C(NCCC[NH+]1CCOCC1)Nc1cc(Cl)cc(Cl)c1. The van der Waals surface area contributed by atoms with E-state index in [0.717, 1.165) is 51.5 Å². The van der Waals surface area contributed by atoms with Gasteiger partial charge < -0.3 is 20.3 Å². The summed E-state index contributed by atoms with van der Waals surface area (Å²) in [6.45, 7) is 5.94. The molecule has 2 rings (SSSR count). The van der Waals surface area contributed by atoms with E-state index >= 15 is 0 Å². The van der Waals surface area contributed by atoms with E-state index in [1.54, 1.807) is 23.1 Å². The zero-order valence-corrected chi connectivity index (χ0v) is 14.1. The molecule has 0 bridgehead atoms. The molecule has 4 nitrogen and oxygen atoms in total. The lowest BCUT2D eigenvalue weighted by atomic mass is 10.3. The molecule has 1 fully saturated rings. The smallest absolute Gasteiger partial charge is 0.170 e. The maximum absolute atomic E-state index is 5.95. The summed E-state index contributed by atoms with van der Waals surface area (Å²) in [5, 5.41) is 8.05. The lowest BCUT2D eigenvalue weighted by Crippen LogP contribution is -3.14. The Kier molecular flexibility index (Phi) is 6.99. The molecule has 1 aromatic carbocycles. The molecule has 0 unspecified atom stereocenters. The minimum Gasteiger partial charge on any atom is -0.370 e. The van der Waals surface area contributed by atoms with Crippen LogP contribution in [-0.2, 0) is 4.74 Å². The van der Waals surface area contributed by atoms with Crippen molar-refractivity contribution in [3.05, 3.63) is 28.2 Å². The van der Waals surface area contributed by atoms with Gasteiger partial charge in [-0.15, -0.1) is 0 Å². The molecule has 0 aliphatic carbocycles. The number of rotatable bonds is 5. The van der Waals surface area contributed by atoms with Gasteiger partial charge >= 0.3 is 0 Å². The Morgan fingerprint density at radius 2 is 1.86 bits per heavy atom. The van der Waals surface area contributed by atoms with Gasteiger partial charge in [-0.3, -0.25) is 0 Å². The van der Waals surface area contributed by atoms with Gasteiger partial charge in [0.1, 0.15) is 13.1 Å². The van der Waals surface area contributed by atoms with Gasteiger partial charge in [0.05, 0.1) is 19.8 Å². The first-order valence-electron chi connectivity index (χ1n) is 7.06. The zero-order chi connectivity index (χ0) is 15.1. The van der Waals surface area contributed by atoms with Crippen molar-refractivity contribution in [1.82, 2.24) is 5.32 Å². The van der Waals surface area contributed by atoms with Crippen molar-refractivity contribution in [2.75, 3.05) is 44.7 Å². The molecule has 7 heteroatoms. The average molecular weight is 349 g/mol.